The number of likely N-dealkylation sites (tertiary alicyclic amines) is 1. The van der Waals surface area contributed by atoms with Crippen LogP contribution < -0.4 is 11.1 Å². The third kappa shape index (κ3) is 5.65. The number of hydrogen-bond acceptors (Lipinski definition) is 8. The van der Waals surface area contributed by atoms with E-state index in [1.165, 1.54) is 24.5 Å². The van der Waals surface area contributed by atoms with Gasteiger partial charge in [-0.05, 0) is 63.9 Å². The molecule has 1 atom stereocenters. The van der Waals surface area contributed by atoms with Crippen LogP contribution in [0.3, 0.4) is 0 Å². The van der Waals surface area contributed by atoms with Crippen molar-refractivity contribution < 1.29 is 18.7 Å². The monoisotopic (exact) mass is 556 g/mol. The van der Waals surface area contributed by atoms with Crippen molar-refractivity contribution in [2.45, 2.75) is 45.3 Å². The lowest BCUT2D eigenvalue weighted by Gasteiger charge is -2.34. The van der Waals surface area contributed by atoms with Crippen molar-refractivity contribution in [3.8, 4) is 17.3 Å². The number of nitrogens with two attached hydrogens (primary N) is 1. The molecule has 3 N–H and O–H groups in total. The molecule has 12 heteroatoms. The first-order valence-electron chi connectivity index (χ1n) is 13.1. The molecule has 1 aliphatic heterocycles. The normalized spacial score (nSPS) is 15.4. The van der Waals surface area contributed by atoms with E-state index in [1.54, 1.807) is 48.6 Å². The molecule has 0 radical (unpaired) electrons. The largest absolute Gasteiger partial charge is 0.444 e. The minimum atomic E-state index is -0.703. The molecular formula is C29H29FN8O3. The molecule has 0 aliphatic carbocycles. The molecule has 1 fully saturated rings. The van der Waals surface area contributed by atoms with Crippen molar-refractivity contribution in [3.63, 3.8) is 0 Å². The summed E-state index contributed by atoms with van der Waals surface area (Å²) in [5.74, 6) is -0.813. The third-order valence-electron chi connectivity index (χ3n) is 6.66. The van der Waals surface area contributed by atoms with Crippen LogP contribution in [0.1, 0.15) is 55.6 Å². The van der Waals surface area contributed by atoms with Gasteiger partial charge < -0.3 is 20.7 Å². The number of nitrogens with zero attached hydrogens (tertiary/aromatic N) is 6. The van der Waals surface area contributed by atoms with Crippen molar-refractivity contribution in [2.75, 3.05) is 24.1 Å². The number of aromatic nitrogens is 4. The van der Waals surface area contributed by atoms with Gasteiger partial charge in [0.05, 0.1) is 22.5 Å². The smallest absolute Gasteiger partial charge is 0.410 e. The minimum absolute atomic E-state index is 0.0800. The lowest BCUT2D eigenvalue weighted by Crippen LogP contribution is -2.43. The molecule has 11 nitrogen and oxygen atoms in total. The first-order chi connectivity index (χ1) is 19.6. The summed E-state index contributed by atoms with van der Waals surface area (Å²) in [6.07, 6.45) is 3.80. The van der Waals surface area contributed by atoms with Crippen LogP contribution in [0.2, 0.25) is 0 Å². The average molecular weight is 557 g/mol. The number of hydrogen-bond donors (Lipinski definition) is 2. The summed E-state index contributed by atoms with van der Waals surface area (Å²) in [7, 11) is 0. The first-order valence-corrected chi connectivity index (χ1v) is 13.1. The zero-order valence-electron chi connectivity index (χ0n) is 22.9. The van der Waals surface area contributed by atoms with Gasteiger partial charge in [-0.2, -0.15) is 10.4 Å². The summed E-state index contributed by atoms with van der Waals surface area (Å²) >= 11 is 0. The molecule has 0 bridgehead atoms. The summed E-state index contributed by atoms with van der Waals surface area (Å²) in [5.41, 5.74) is 6.60. The number of carbonyl (C=O) groups excluding carboxylic acids is 2. The standard InChI is InChI=1S/C29H29FN8O3/c1-29(2,3)41-28(40)37-12-6-7-19(16-37)38-25-18(14-31)15-34-26(32)23(25)24(36-38)20-10-9-17(13-21(20)30)27(39)35-22-8-4-5-11-33-22/h4-5,8-11,13,15,19H,6-7,12,16H2,1-3H3,(H2,32,34)(H,33,35,39)/t19-/m1/s1. The number of ether oxygens (including phenoxy) is 1. The Morgan fingerprint density at radius 3 is 2.71 bits per heavy atom. The van der Waals surface area contributed by atoms with Gasteiger partial charge in [-0.15, -0.1) is 0 Å². The lowest BCUT2D eigenvalue weighted by molar-refractivity contribution is 0.0169. The maximum Gasteiger partial charge on any atom is 0.410 e. The summed E-state index contributed by atoms with van der Waals surface area (Å²) < 4.78 is 22.8. The Bertz CT molecular complexity index is 1670. The average Bonchev–Trinajstić information content (AvgIpc) is 3.34. The molecule has 4 aromatic rings. The van der Waals surface area contributed by atoms with Gasteiger partial charge >= 0.3 is 6.09 Å². The number of pyridine rings is 2. The zero-order valence-corrected chi connectivity index (χ0v) is 22.9. The van der Waals surface area contributed by atoms with Gasteiger partial charge in [-0.3, -0.25) is 9.48 Å². The first kappa shape index (κ1) is 27.5. The van der Waals surface area contributed by atoms with Crippen LogP contribution in [-0.2, 0) is 4.74 Å². The number of nitrogen functional groups attached to an aromatic ring is 1. The number of piperidine rings is 1. The number of fused-ring (bicyclic) bond motifs is 1. The number of benzene rings is 1. The molecular weight excluding hydrogens is 527 g/mol. The van der Waals surface area contributed by atoms with E-state index in [9.17, 15) is 14.9 Å². The van der Waals surface area contributed by atoms with Gasteiger partial charge in [0.1, 0.15) is 34.8 Å². The Labute approximate surface area is 235 Å². The maximum atomic E-state index is 15.6. The van der Waals surface area contributed by atoms with Crippen molar-refractivity contribution in [2.24, 2.45) is 0 Å². The molecule has 4 heterocycles. The molecule has 3 aromatic heterocycles. The van der Waals surface area contributed by atoms with Crippen LogP contribution in [0.25, 0.3) is 22.2 Å². The van der Waals surface area contributed by atoms with Crippen LogP contribution in [0.4, 0.5) is 20.8 Å². The minimum Gasteiger partial charge on any atom is -0.444 e. The number of halogens is 1. The van der Waals surface area contributed by atoms with Gasteiger partial charge in [0.2, 0.25) is 0 Å². The summed E-state index contributed by atoms with van der Waals surface area (Å²) in [4.78, 5) is 35.3. The van der Waals surface area contributed by atoms with Crippen LogP contribution in [0, 0.1) is 17.1 Å². The van der Waals surface area contributed by atoms with Gasteiger partial charge in [0, 0.05) is 36.6 Å². The number of anilines is 2. The fourth-order valence-corrected chi connectivity index (χ4v) is 4.85. The molecule has 210 valence electrons. The van der Waals surface area contributed by atoms with Gasteiger partial charge in [0.15, 0.2) is 0 Å². The highest BCUT2D eigenvalue weighted by Gasteiger charge is 2.32. The Hall–Kier alpha value is -5.05. The highest BCUT2D eigenvalue weighted by molar-refractivity contribution is 6.05. The van der Waals surface area contributed by atoms with Crippen LogP contribution in [0.15, 0.2) is 48.8 Å². The van der Waals surface area contributed by atoms with Gasteiger partial charge in [0.25, 0.3) is 5.91 Å². The maximum absolute atomic E-state index is 15.6. The fraction of sp³-hybridized carbons (Fsp3) is 0.310. The van der Waals surface area contributed by atoms with Crippen LogP contribution >= 0.6 is 0 Å². The Kier molecular flexibility index (Phi) is 7.28. The molecule has 1 saturated heterocycles. The van der Waals surface area contributed by atoms with E-state index in [-0.39, 0.29) is 40.8 Å². The van der Waals surface area contributed by atoms with Gasteiger partial charge in [-0.1, -0.05) is 6.07 Å². The molecule has 0 unspecified atom stereocenters. The molecule has 5 rings (SSSR count). The molecule has 0 saturated carbocycles. The van der Waals surface area contributed by atoms with E-state index in [1.807, 2.05) is 0 Å². The van der Waals surface area contributed by atoms with Crippen molar-refractivity contribution >= 4 is 34.5 Å². The third-order valence-corrected chi connectivity index (χ3v) is 6.66. The van der Waals surface area contributed by atoms with E-state index >= 15 is 4.39 Å². The zero-order chi connectivity index (χ0) is 29.3. The van der Waals surface area contributed by atoms with E-state index in [2.05, 4.69) is 21.4 Å². The Morgan fingerprint density at radius 2 is 2.02 bits per heavy atom. The number of nitrogens with one attached hydrogen (secondary N) is 1. The molecule has 1 aromatic carbocycles. The van der Waals surface area contributed by atoms with Crippen molar-refractivity contribution in [1.82, 2.24) is 24.6 Å². The number of nitriles is 1. The SMILES string of the molecule is CC(C)(C)OC(=O)N1CCC[C@@H](n2nc(-c3ccc(C(=O)Nc4ccccn4)cc3F)c3c(N)ncc(C#N)c32)C1. The van der Waals surface area contributed by atoms with Crippen LogP contribution in [-0.4, -0.2) is 55.3 Å². The Balaban J connectivity index is 1.54. The summed E-state index contributed by atoms with van der Waals surface area (Å²) in [5, 5.41) is 17.6. The van der Waals surface area contributed by atoms with Gasteiger partial charge in [-0.25, -0.2) is 19.2 Å². The van der Waals surface area contributed by atoms with Crippen LogP contribution in [0.5, 0.6) is 0 Å². The lowest BCUT2D eigenvalue weighted by atomic mass is 10.0. The quantitative estimate of drug-likeness (QED) is 0.360. The molecule has 1 aliphatic rings. The van der Waals surface area contributed by atoms with E-state index < -0.39 is 23.4 Å². The molecule has 2 amide bonds. The highest BCUT2D eigenvalue weighted by atomic mass is 19.1. The van der Waals surface area contributed by atoms with E-state index in [0.29, 0.717) is 36.1 Å². The van der Waals surface area contributed by atoms with E-state index in [0.717, 1.165) is 6.07 Å². The van der Waals surface area contributed by atoms with Crippen molar-refractivity contribution in [3.05, 3.63) is 65.7 Å². The second-order valence-corrected chi connectivity index (χ2v) is 10.8. The number of amides is 2. The second kappa shape index (κ2) is 10.8. The fourth-order valence-electron chi connectivity index (χ4n) is 4.85. The Morgan fingerprint density at radius 1 is 1.22 bits per heavy atom. The highest BCUT2D eigenvalue weighted by Crippen LogP contribution is 2.37. The predicted molar refractivity (Wildman–Crippen MR) is 150 cm³/mol. The number of carbonyl (C=O) groups is 2. The topological polar surface area (TPSA) is 152 Å². The van der Waals surface area contributed by atoms with E-state index in [4.69, 9.17) is 15.6 Å². The number of rotatable bonds is 4. The molecule has 41 heavy (non-hydrogen) atoms. The predicted octanol–water partition coefficient (Wildman–Crippen LogP) is 4.91. The summed E-state index contributed by atoms with van der Waals surface area (Å²) in [6, 6.07) is 10.9. The second-order valence-electron chi connectivity index (χ2n) is 10.8. The van der Waals surface area contributed by atoms with Crippen molar-refractivity contribution in [1.29, 1.82) is 5.26 Å². The molecule has 0 spiro atoms. The summed E-state index contributed by atoms with van der Waals surface area (Å²) in [6.45, 7) is 6.21.